The summed E-state index contributed by atoms with van der Waals surface area (Å²) in [7, 11) is 1.94. The number of halogens is 3. The minimum absolute atomic E-state index is 0.0524. The van der Waals surface area contributed by atoms with Gasteiger partial charge >= 0.3 is 6.18 Å². The molecule has 46 heavy (non-hydrogen) atoms. The number of likely N-dealkylation sites (N-methyl/N-ethyl adjacent to an activating group) is 2. The van der Waals surface area contributed by atoms with Crippen molar-refractivity contribution in [1.29, 1.82) is 0 Å². The number of pyridine rings is 2. The number of fused-ring (bicyclic) bond motifs is 1. The van der Waals surface area contributed by atoms with E-state index in [9.17, 15) is 22.8 Å². The lowest BCUT2D eigenvalue weighted by Crippen LogP contribution is -2.41. The Kier molecular flexibility index (Phi) is 9.77. The number of amides is 2. The van der Waals surface area contributed by atoms with Crippen LogP contribution < -0.4 is 5.32 Å². The monoisotopic (exact) mass is 625 g/mol. The second-order valence-electron chi connectivity index (χ2n) is 10.9. The van der Waals surface area contributed by atoms with E-state index in [1.165, 1.54) is 18.3 Å². The van der Waals surface area contributed by atoms with Crippen LogP contribution in [0.1, 0.15) is 46.9 Å². The molecule has 1 atom stereocenters. The van der Waals surface area contributed by atoms with Crippen molar-refractivity contribution in [3.8, 4) is 11.3 Å². The molecule has 1 unspecified atom stereocenters. The molecule has 1 N–H and O–H groups in total. The number of hydrogen-bond acceptors (Lipinski definition) is 5. The van der Waals surface area contributed by atoms with Crippen molar-refractivity contribution in [2.75, 3.05) is 25.5 Å². The molecule has 0 spiro atoms. The molecule has 0 saturated carbocycles. The molecule has 3 aromatic carbocycles. The maximum atomic E-state index is 13.5. The van der Waals surface area contributed by atoms with Crippen LogP contribution in [0.3, 0.4) is 0 Å². The highest BCUT2D eigenvalue weighted by Gasteiger charge is 2.30. The molecule has 2 aromatic heterocycles. The number of carbonyl (C=O) groups excluding carboxylic acids is 2. The molecule has 7 nitrogen and oxygen atoms in total. The van der Waals surface area contributed by atoms with Gasteiger partial charge in [-0.1, -0.05) is 48.5 Å². The van der Waals surface area contributed by atoms with Crippen molar-refractivity contribution in [2.45, 2.75) is 32.6 Å². The maximum absolute atomic E-state index is 13.5. The Morgan fingerprint density at radius 1 is 0.870 bits per heavy atom. The number of hydrogen-bond donors (Lipinski definition) is 1. The second-order valence-corrected chi connectivity index (χ2v) is 10.9. The Hall–Kier alpha value is -5.09. The lowest BCUT2D eigenvalue weighted by atomic mass is 10.0. The van der Waals surface area contributed by atoms with Gasteiger partial charge in [-0.3, -0.25) is 19.5 Å². The fourth-order valence-corrected chi connectivity index (χ4v) is 5.47. The van der Waals surface area contributed by atoms with Gasteiger partial charge < -0.3 is 10.2 Å². The topological polar surface area (TPSA) is 78.4 Å². The second kappa shape index (κ2) is 13.9. The Bertz CT molecular complexity index is 1820. The van der Waals surface area contributed by atoms with E-state index in [4.69, 9.17) is 0 Å². The zero-order valence-electron chi connectivity index (χ0n) is 25.8. The first kappa shape index (κ1) is 32.3. The van der Waals surface area contributed by atoms with E-state index in [1.54, 1.807) is 18.2 Å². The zero-order valence-corrected chi connectivity index (χ0v) is 25.8. The molecule has 5 aromatic rings. The summed E-state index contributed by atoms with van der Waals surface area (Å²) in [6, 6.07) is 26.4. The van der Waals surface area contributed by atoms with Crippen molar-refractivity contribution in [3.63, 3.8) is 0 Å². The zero-order chi connectivity index (χ0) is 32.8. The van der Waals surface area contributed by atoms with E-state index in [0.717, 1.165) is 28.6 Å². The molecular formula is C36H34F3N5O2. The summed E-state index contributed by atoms with van der Waals surface area (Å²) in [5.74, 6) is -0.117. The summed E-state index contributed by atoms with van der Waals surface area (Å²) in [6.45, 7) is 5.74. The summed E-state index contributed by atoms with van der Waals surface area (Å²) >= 11 is 0. The SMILES string of the molecule is CCN(CC)C(=O)C(c1ccccc1)N(C)Cc1ccc2nc(NC(=O)c3cccnc3-c3ccc(C(F)(F)F)cc3)ccc2c1. The summed E-state index contributed by atoms with van der Waals surface area (Å²) in [5, 5.41) is 3.65. The average Bonchev–Trinajstić information content (AvgIpc) is 3.05. The number of aromatic nitrogens is 2. The molecule has 0 aliphatic heterocycles. The highest BCUT2D eigenvalue weighted by atomic mass is 19.4. The molecule has 2 amide bonds. The third-order valence-corrected chi connectivity index (χ3v) is 7.83. The number of nitrogens with zero attached hydrogens (tertiary/aromatic N) is 4. The van der Waals surface area contributed by atoms with E-state index >= 15 is 0 Å². The molecule has 5 rings (SSSR count). The fraction of sp³-hybridized carbons (Fsp3) is 0.222. The van der Waals surface area contributed by atoms with Crippen LogP contribution in [0.4, 0.5) is 19.0 Å². The minimum Gasteiger partial charge on any atom is -0.342 e. The number of carbonyl (C=O) groups is 2. The van der Waals surface area contributed by atoms with Crippen LogP contribution in [0, 0.1) is 0 Å². The van der Waals surface area contributed by atoms with Gasteiger partial charge in [0.1, 0.15) is 11.9 Å². The Morgan fingerprint density at radius 2 is 1.59 bits per heavy atom. The third-order valence-electron chi connectivity index (χ3n) is 7.83. The molecule has 10 heteroatoms. The van der Waals surface area contributed by atoms with Crippen LogP contribution in [-0.2, 0) is 17.5 Å². The van der Waals surface area contributed by atoms with Crippen LogP contribution in [0.5, 0.6) is 0 Å². The van der Waals surface area contributed by atoms with E-state index in [0.29, 0.717) is 36.5 Å². The standard InChI is InChI=1S/C36H34F3N5O2/c1-4-44(5-2)35(46)33(26-10-7-6-8-11-26)43(3)23-24-13-19-30-27(22-24)16-20-31(41-30)42-34(45)29-12-9-21-40-32(29)25-14-17-28(18-15-25)36(37,38)39/h6-22,33H,4-5,23H2,1-3H3,(H,41,42,45). The molecule has 0 radical (unpaired) electrons. The van der Waals surface area contributed by atoms with Gasteiger partial charge in [0.15, 0.2) is 0 Å². The van der Waals surface area contributed by atoms with Crippen LogP contribution >= 0.6 is 0 Å². The van der Waals surface area contributed by atoms with Gasteiger partial charge in [-0.15, -0.1) is 0 Å². The van der Waals surface area contributed by atoms with Gasteiger partial charge in [0.2, 0.25) is 5.91 Å². The van der Waals surface area contributed by atoms with E-state index < -0.39 is 23.7 Å². The Balaban J connectivity index is 1.33. The molecule has 0 aliphatic rings. The van der Waals surface area contributed by atoms with Gasteiger partial charge in [0.25, 0.3) is 5.91 Å². The highest BCUT2D eigenvalue weighted by Crippen LogP contribution is 2.32. The quantitative estimate of drug-likeness (QED) is 0.173. The van der Waals surface area contributed by atoms with Crippen LogP contribution in [0.25, 0.3) is 22.2 Å². The van der Waals surface area contributed by atoms with Crippen LogP contribution in [0.15, 0.2) is 103 Å². The van der Waals surface area contributed by atoms with Crippen LogP contribution in [0.2, 0.25) is 0 Å². The lowest BCUT2D eigenvalue weighted by Gasteiger charge is -2.32. The van der Waals surface area contributed by atoms with Crippen LogP contribution in [-0.4, -0.2) is 51.7 Å². The average molecular weight is 626 g/mol. The molecule has 0 fully saturated rings. The summed E-state index contributed by atoms with van der Waals surface area (Å²) < 4.78 is 39.1. The molecule has 0 bridgehead atoms. The Morgan fingerprint density at radius 3 is 2.26 bits per heavy atom. The van der Waals surface area contributed by atoms with Gasteiger partial charge in [-0.25, -0.2) is 4.98 Å². The van der Waals surface area contributed by atoms with Gasteiger partial charge in [0, 0.05) is 36.8 Å². The first-order chi connectivity index (χ1) is 22.1. The highest BCUT2D eigenvalue weighted by molar-refractivity contribution is 6.08. The van der Waals surface area contributed by atoms with Gasteiger partial charge in [-0.2, -0.15) is 13.2 Å². The molecular weight excluding hydrogens is 591 g/mol. The van der Waals surface area contributed by atoms with Gasteiger partial charge in [-0.05, 0) is 80.6 Å². The first-order valence-electron chi connectivity index (χ1n) is 15.0. The number of alkyl halides is 3. The normalized spacial score (nSPS) is 12.2. The molecule has 2 heterocycles. The summed E-state index contributed by atoms with van der Waals surface area (Å²) in [4.78, 5) is 39.5. The summed E-state index contributed by atoms with van der Waals surface area (Å²) in [6.07, 6.45) is -2.98. The van der Waals surface area contributed by atoms with Crippen molar-refractivity contribution < 1.29 is 22.8 Å². The van der Waals surface area contributed by atoms with E-state index in [-0.39, 0.29) is 17.2 Å². The van der Waals surface area contributed by atoms with Gasteiger partial charge in [0.05, 0.1) is 22.3 Å². The molecule has 0 saturated heterocycles. The van der Waals surface area contributed by atoms with Crippen molar-refractivity contribution in [1.82, 2.24) is 19.8 Å². The van der Waals surface area contributed by atoms with Crippen molar-refractivity contribution in [3.05, 3.63) is 126 Å². The van der Waals surface area contributed by atoms with E-state index in [2.05, 4.69) is 15.3 Å². The predicted molar refractivity (Wildman–Crippen MR) is 173 cm³/mol. The summed E-state index contributed by atoms with van der Waals surface area (Å²) in [5.41, 5.74) is 2.66. The largest absolute Gasteiger partial charge is 0.416 e. The molecule has 0 aliphatic carbocycles. The smallest absolute Gasteiger partial charge is 0.342 e. The number of anilines is 1. The number of rotatable bonds is 10. The van der Waals surface area contributed by atoms with Crippen molar-refractivity contribution >= 4 is 28.5 Å². The maximum Gasteiger partial charge on any atom is 0.416 e. The predicted octanol–water partition coefficient (Wildman–Crippen LogP) is 7.61. The minimum atomic E-state index is -4.46. The fourth-order valence-electron chi connectivity index (χ4n) is 5.47. The number of nitrogens with one attached hydrogen (secondary N) is 1. The van der Waals surface area contributed by atoms with Crippen molar-refractivity contribution in [2.24, 2.45) is 0 Å². The third kappa shape index (κ3) is 7.24. The Labute approximate surface area is 265 Å². The lowest BCUT2D eigenvalue weighted by molar-refractivity contribution is -0.138. The first-order valence-corrected chi connectivity index (χ1v) is 15.0. The van der Waals surface area contributed by atoms with E-state index in [1.807, 2.05) is 85.3 Å². The number of benzene rings is 3. The molecule has 236 valence electrons.